The molecule has 122 valence electrons. The predicted molar refractivity (Wildman–Crippen MR) is 83.3 cm³/mol. The second-order valence-electron chi connectivity index (χ2n) is 4.88. The molecule has 1 N–H and O–H groups in total. The van der Waals surface area contributed by atoms with Crippen LogP contribution >= 0.6 is 0 Å². The average Bonchev–Trinajstić information content (AvgIpc) is 2.54. The first kappa shape index (κ1) is 18.0. The van der Waals surface area contributed by atoms with Crippen LogP contribution in [0.1, 0.15) is 37.6 Å². The van der Waals surface area contributed by atoms with Crippen LogP contribution in [0.15, 0.2) is 18.2 Å². The molecule has 1 rings (SSSR count). The molecule has 0 radical (unpaired) electrons. The van der Waals surface area contributed by atoms with Crippen molar-refractivity contribution in [1.29, 1.82) is 0 Å². The monoisotopic (exact) mass is 309 g/mol. The highest BCUT2D eigenvalue weighted by Gasteiger charge is 2.31. The van der Waals surface area contributed by atoms with Gasteiger partial charge in [-0.15, -0.1) is 0 Å². The SMILES string of the molecule is CCOc1ccc(NC(=O)[C@@](C)(CC)OC)cc1C(=O)OC. The van der Waals surface area contributed by atoms with Crippen LogP contribution in [0, 0.1) is 0 Å². The summed E-state index contributed by atoms with van der Waals surface area (Å²) in [5.41, 5.74) is -0.187. The molecular formula is C16H23NO5. The van der Waals surface area contributed by atoms with E-state index in [0.29, 0.717) is 24.5 Å². The smallest absolute Gasteiger partial charge is 0.341 e. The molecule has 0 aliphatic heterocycles. The Labute approximate surface area is 130 Å². The van der Waals surface area contributed by atoms with E-state index in [1.807, 2.05) is 13.8 Å². The van der Waals surface area contributed by atoms with Gasteiger partial charge in [0.1, 0.15) is 16.9 Å². The summed E-state index contributed by atoms with van der Waals surface area (Å²) in [6, 6.07) is 4.82. The highest BCUT2D eigenvalue weighted by atomic mass is 16.5. The van der Waals surface area contributed by atoms with Gasteiger partial charge in [0.15, 0.2) is 0 Å². The summed E-state index contributed by atoms with van der Waals surface area (Å²) >= 11 is 0. The molecular weight excluding hydrogens is 286 g/mol. The van der Waals surface area contributed by atoms with Crippen LogP contribution in [-0.2, 0) is 14.3 Å². The molecule has 0 heterocycles. The van der Waals surface area contributed by atoms with Crippen LogP contribution in [-0.4, -0.2) is 38.3 Å². The van der Waals surface area contributed by atoms with Gasteiger partial charge < -0.3 is 19.5 Å². The molecule has 1 aromatic rings. The first-order valence-corrected chi connectivity index (χ1v) is 7.13. The van der Waals surface area contributed by atoms with Crippen molar-refractivity contribution in [3.05, 3.63) is 23.8 Å². The number of nitrogens with one attached hydrogen (secondary N) is 1. The van der Waals surface area contributed by atoms with Gasteiger partial charge in [-0.25, -0.2) is 4.79 Å². The first-order chi connectivity index (χ1) is 10.4. The minimum Gasteiger partial charge on any atom is -0.493 e. The van der Waals surface area contributed by atoms with Crippen molar-refractivity contribution in [2.75, 3.05) is 26.1 Å². The Balaban J connectivity index is 3.07. The Hall–Kier alpha value is -2.08. The van der Waals surface area contributed by atoms with Crippen LogP contribution in [0.4, 0.5) is 5.69 Å². The molecule has 6 nitrogen and oxygen atoms in total. The minimum atomic E-state index is -0.927. The topological polar surface area (TPSA) is 73.9 Å². The summed E-state index contributed by atoms with van der Waals surface area (Å²) in [5.74, 6) is -0.389. The third-order valence-corrected chi connectivity index (χ3v) is 3.55. The lowest BCUT2D eigenvalue weighted by Crippen LogP contribution is -2.41. The van der Waals surface area contributed by atoms with Gasteiger partial charge in [-0.3, -0.25) is 4.79 Å². The van der Waals surface area contributed by atoms with E-state index in [-0.39, 0.29) is 11.5 Å². The maximum absolute atomic E-state index is 12.3. The van der Waals surface area contributed by atoms with Crippen molar-refractivity contribution in [2.45, 2.75) is 32.8 Å². The number of benzene rings is 1. The van der Waals surface area contributed by atoms with E-state index in [1.165, 1.54) is 20.3 Å². The molecule has 0 aromatic heterocycles. The van der Waals surface area contributed by atoms with Crippen molar-refractivity contribution in [1.82, 2.24) is 0 Å². The van der Waals surface area contributed by atoms with Crippen molar-refractivity contribution in [2.24, 2.45) is 0 Å². The molecule has 1 amide bonds. The van der Waals surface area contributed by atoms with Crippen molar-refractivity contribution in [3.8, 4) is 5.75 Å². The van der Waals surface area contributed by atoms with Gasteiger partial charge in [-0.05, 0) is 38.5 Å². The lowest BCUT2D eigenvalue weighted by Gasteiger charge is -2.25. The van der Waals surface area contributed by atoms with Gasteiger partial charge in [-0.1, -0.05) is 6.92 Å². The maximum atomic E-state index is 12.3. The van der Waals surface area contributed by atoms with Crippen LogP contribution < -0.4 is 10.1 Å². The first-order valence-electron chi connectivity index (χ1n) is 7.13. The molecule has 1 atom stereocenters. The Morgan fingerprint density at radius 3 is 2.41 bits per heavy atom. The number of esters is 1. The normalized spacial score (nSPS) is 13.1. The molecule has 0 aliphatic carbocycles. The predicted octanol–water partition coefficient (Wildman–Crippen LogP) is 2.63. The number of methoxy groups -OCH3 is 2. The lowest BCUT2D eigenvalue weighted by atomic mass is 10.0. The number of anilines is 1. The molecule has 0 unspecified atom stereocenters. The number of hydrogen-bond acceptors (Lipinski definition) is 5. The quantitative estimate of drug-likeness (QED) is 0.784. The molecule has 0 spiro atoms. The van der Waals surface area contributed by atoms with Crippen molar-refractivity contribution in [3.63, 3.8) is 0 Å². The van der Waals surface area contributed by atoms with Gasteiger partial charge in [0, 0.05) is 12.8 Å². The molecule has 0 fully saturated rings. The molecule has 0 bridgehead atoms. The molecule has 1 aromatic carbocycles. The fourth-order valence-electron chi connectivity index (χ4n) is 1.82. The second-order valence-corrected chi connectivity index (χ2v) is 4.88. The number of ether oxygens (including phenoxy) is 3. The maximum Gasteiger partial charge on any atom is 0.341 e. The number of hydrogen-bond donors (Lipinski definition) is 1. The largest absolute Gasteiger partial charge is 0.493 e. The Bertz CT molecular complexity index is 537. The summed E-state index contributed by atoms with van der Waals surface area (Å²) in [7, 11) is 2.78. The van der Waals surface area contributed by atoms with Crippen molar-refractivity contribution < 1.29 is 23.8 Å². The molecule has 0 saturated carbocycles. The van der Waals surface area contributed by atoms with E-state index >= 15 is 0 Å². The summed E-state index contributed by atoms with van der Waals surface area (Å²) in [6.07, 6.45) is 0.524. The average molecular weight is 309 g/mol. The van der Waals surface area contributed by atoms with E-state index in [1.54, 1.807) is 19.1 Å². The number of rotatable bonds is 7. The summed E-state index contributed by atoms with van der Waals surface area (Å²) in [4.78, 5) is 24.1. The van der Waals surface area contributed by atoms with Crippen LogP contribution in [0.25, 0.3) is 0 Å². The zero-order valence-corrected chi connectivity index (χ0v) is 13.7. The van der Waals surface area contributed by atoms with Crippen LogP contribution in [0.5, 0.6) is 5.75 Å². The molecule has 0 saturated heterocycles. The Morgan fingerprint density at radius 2 is 1.91 bits per heavy atom. The minimum absolute atomic E-state index is 0.262. The van der Waals surface area contributed by atoms with Gasteiger partial charge in [0.25, 0.3) is 5.91 Å². The van der Waals surface area contributed by atoms with E-state index in [0.717, 1.165) is 0 Å². The summed E-state index contributed by atoms with van der Waals surface area (Å²) < 4.78 is 15.4. The van der Waals surface area contributed by atoms with Crippen LogP contribution in [0.2, 0.25) is 0 Å². The Kier molecular flexibility index (Phi) is 6.37. The lowest BCUT2D eigenvalue weighted by molar-refractivity contribution is -0.136. The van der Waals surface area contributed by atoms with E-state index in [4.69, 9.17) is 14.2 Å². The fourth-order valence-corrected chi connectivity index (χ4v) is 1.82. The van der Waals surface area contributed by atoms with Gasteiger partial charge in [0.05, 0.1) is 13.7 Å². The number of carbonyl (C=O) groups is 2. The highest BCUT2D eigenvalue weighted by molar-refractivity contribution is 5.99. The fraction of sp³-hybridized carbons (Fsp3) is 0.500. The van der Waals surface area contributed by atoms with E-state index in [2.05, 4.69) is 5.32 Å². The number of amides is 1. The van der Waals surface area contributed by atoms with E-state index in [9.17, 15) is 9.59 Å². The molecule has 22 heavy (non-hydrogen) atoms. The zero-order chi connectivity index (χ0) is 16.8. The molecule has 6 heteroatoms. The third-order valence-electron chi connectivity index (χ3n) is 3.55. The Morgan fingerprint density at radius 1 is 1.23 bits per heavy atom. The zero-order valence-electron chi connectivity index (χ0n) is 13.7. The number of carbonyl (C=O) groups excluding carboxylic acids is 2. The third kappa shape index (κ3) is 3.98. The van der Waals surface area contributed by atoms with E-state index < -0.39 is 11.6 Å². The van der Waals surface area contributed by atoms with Gasteiger partial charge in [0.2, 0.25) is 0 Å². The second kappa shape index (κ2) is 7.79. The van der Waals surface area contributed by atoms with Gasteiger partial charge >= 0.3 is 5.97 Å². The van der Waals surface area contributed by atoms with Crippen molar-refractivity contribution >= 4 is 17.6 Å². The molecule has 0 aliphatic rings. The summed E-state index contributed by atoms with van der Waals surface area (Å²) in [5, 5.41) is 2.75. The van der Waals surface area contributed by atoms with Gasteiger partial charge in [-0.2, -0.15) is 0 Å². The summed E-state index contributed by atoms with van der Waals surface area (Å²) in [6.45, 7) is 5.81. The highest BCUT2D eigenvalue weighted by Crippen LogP contribution is 2.25. The van der Waals surface area contributed by atoms with Crippen LogP contribution in [0.3, 0.4) is 0 Å². The standard InChI is InChI=1S/C16H23NO5/c1-6-16(3,21-5)15(19)17-11-8-9-13(22-7-2)12(10-11)14(18)20-4/h8-10H,6-7H2,1-5H3,(H,17,19)/t16-/m1/s1.